The molecular weight excluding hydrogens is 611 g/mol. The van der Waals surface area contributed by atoms with Gasteiger partial charge in [0.05, 0.1) is 43.9 Å². The molecule has 0 radical (unpaired) electrons. The first-order valence-electron chi connectivity index (χ1n) is 12.2. The molecule has 0 bridgehead atoms. The van der Waals surface area contributed by atoms with Crippen molar-refractivity contribution in [3.8, 4) is 22.0 Å². The number of halogens is 4. The average Bonchev–Trinajstić information content (AvgIpc) is 3.35. The van der Waals surface area contributed by atoms with Gasteiger partial charge in [0.25, 0.3) is 10.0 Å². The number of aromatic nitrogens is 2. The molecule has 2 aromatic heterocycles. The first-order chi connectivity index (χ1) is 19.5. The Bertz CT molecular complexity index is 1850. The number of nitrogens with zero attached hydrogens (tertiary/aromatic N) is 3. The first kappa shape index (κ1) is 28.9. The summed E-state index contributed by atoms with van der Waals surface area (Å²) in [5.74, 6) is -1.12. The van der Waals surface area contributed by atoms with Gasteiger partial charge in [0.1, 0.15) is 21.5 Å². The molecule has 41 heavy (non-hydrogen) atoms. The number of thiazole rings is 1. The number of sulfonamides is 1. The zero-order chi connectivity index (χ0) is 29.3. The van der Waals surface area contributed by atoms with Crippen LogP contribution in [0.5, 0.6) is 0 Å². The summed E-state index contributed by atoms with van der Waals surface area (Å²) in [6.45, 7) is 1.63. The maximum absolute atomic E-state index is 16.1. The van der Waals surface area contributed by atoms with Gasteiger partial charge >= 0.3 is 0 Å². The number of hydrogen-bond donors (Lipinski definition) is 2. The van der Waals surface area contributed by atoms with Crippen LogP contribution >= 0.6 is 34.5 Å². The Morgan fingerprint density at radius 1 is 1.07 bits per heavy atom. The first-order valence-corrected chi connectivity index (χ1v) is 15.2. The van der Waals surface area contributed by atoms with Crippen LogP contribution in [0.3, 0.4) is 0 Å². The number of allylic oxidation sites excluding steroid dienone is 3. The highest BCUT2D eigenvalue weighted by Gasteiger charge is 2.27. The molecule has 5 rings (SSSR count). The lowest BCUT2D eigenvalue weighted by atomic mass is 10.1. The predicted octanol–water partition coefficient (Wildman–Crippen LogP) is 7.51. The van der Waals surface area contributed by atoms with Gasteiger partial charge in [-0.1, -0.05) is 41.4 Å². The predicted molar refractivity (Wildman–Crippen MR) is 160 cm³/mol. The Kier molecular flexibility index (Phi) is 8.23. The summed E-state index contributed by atoms with van der Waals surface area (Å²) in [4.78, 5) is 13.3. The Hall–Kier alpha value is -3.64. The van der Waals surface area contributed by atoms with Crippen molar-refractivity contribution in [3.05, 3.63) is 105 Å². The molecule has 1 aliphatic rings. The molecule has 0 aliphatic carbocycles. The zero-order valence-corrected chi connectivity index (χ0v) is 24.5. The van der Waals surface area contributed by atoms with Crippen molar-refractivity contribution in [2.24, 2.45) is 10.7 Å². The molecule has 7 nitrogen and oxygen atoms in total. The van der Waals surface area contributed by atoms with E-state index in [0.29, 0.717) is 39.1 Å². The molecule has 210 valence electrons. The third-order valence-corrected chi connectivity index (χ3v) is 9.60. The fraction of sp³-hybridized carbons (Fsp3) is 0.107. The highest BCUT2D eigenvalue weighted by molar-refractivity contribution is 7.93. The van der Waals surface area contributed by atoms with Crippen molar-refractivity contribution in [1.29, 1.82) is 0 Å². The van der Waals surface area contributed by atoms with Gasteiger partial charge in [-0.3, -0.25) is 9.71 Å². The second kappa shape index (κ2) is 11.7. The van der Waals surface area contributed by atoms with Gasteiger partial charge in [-0.2, -0.15) is 0 Å². The van der Waals surface area contributed by atoms with E-state index in [9.17, 15) is 12.8 Å². The molecule has 0 spiro atoms. The van der Waals surface area contributed by atoms with Gasteiger partial charge in [0.2, 0.25) is 0 Å². The van der Waals surface area contributed by atoms with E-state index in [-0.39, 0.29) is 31.9 Å². The van der Waals surface area contributed by atoms with Crippen molar-refractivity contribution in [2.45, 2.75) is 24.7 Å². The number of aryl methyl sites for hydroxylation is 1. The molecule has 4 aromatic rings. The normalized spacial score (nSPS) is 15.0. The standard InChI is InChI=1S/C28H21Cl2F2N5O2S2/c1-15-10-12-18(29)27(23(15)30)41(38,39)37-19-8-5-6-17(24(19)32)25-26(20-7-3-2-4-9-22(33)35-20)40-28(36-25)21-13-11-16(31)14-34-21/h3,5-14,37H,2,4,33H2,1H3/b7-3?,22-9-,35-20?. The Balaban J connectivity index is 1.65. The number of hydrogen-bond acceptors (Lipinski definition) is 7. The third kappa shape index (κ3) is 6.03. The van der Waals surface area contributed by atoms with Crippen LogP contribution in [0.25, 0.3) is 22.0 Å². The number of benzene rings is 2. The molecule has 0 saturated carbocycles. The maximum Gasteiger partial charge on any atom is 0.264 e. The smallest absolute Gasteiger partial charge is 0.264 e. The van der Waals surface area contributed by atoms with Gasteiger partial charge < -0.3 is 5.73 Å². The van der Waals surface area contributed by atoms with Crippen LogP contribution < -0.4 is 10.5 Å². The number of nitrogens with one attached hydrogen (secondary N) is 1. The van der Waals surface area contributed by atoms with Crippen molar-refractivity contribution < 1.29 is 17.2 Å². The fourth-order valence-electron chi connectivity index (χ4n) is 4.03. The van der Waals surface area contributed by atoms with Crippen LogP contribution in [0.1, 0.15) is 23.3 Å². The van der Waals surface area contributed by atoms with Crippen LogP contribution in [0.15, 0.2) is 82.6 Å². The number of pyridine rings is 1. The third-order valence-electron chi connectivity index (χ3n) is 6.03. The van der Waals surface area contributed by atoms with Gasteiger partial charge in [0, 0.05) is 5.56 Å². The van der Waals surface area contributed by atoms with Gasteiger partial charge in [0.15, 0.2) is 5.82 Å². The minimum Gasteiger partial charge on any atom is -0.384 e. The minimum atomic E-state index is -4.38. The highest BCUT2D eigenvalue weighted by Crippen LogP contribution is 2.39. The minimum absolute atomic E-state index is 0.00745. The lowest BCUT2D eigenvalue weighted by Crippen LogP contribution is -2.16. The number of aliphatic imine (C=N–C) groups is 1. The van der Waals surface area contributed by atoms with Crippen molar-refractivity contribution in [2.75, 3.05) is 4.72 Å². The molecule has 1 aliphatic heterocycles. The SMILES string of the molecule is Cc1ccc(Cl)c(S(=O)(=O)Nc2cccc(-c3nc(-c4ccc(F)cn4)sc3C3=N/C(N)=C\CCC=C3)c2F)c1Cl. The van der Waals surface area contributed by atoms with E-state index in [0.717, 1.165) is 12.6 Å². The maximum atomic E-state index is 16.1. The molecule has 0 atom stereocenters. The van der Waals surface area contributed by atoms with E-state index in [4.69, 9.17) is 28.9 Å². The summed E-state index contributed by atoms with van der Waals surface area (Å²) in [5.41, 5.74) is 7.18. The van der Waals surface area contributed by atoms with Crippen molar-refractivity contribution in [1.82, 2.24) is 9.97 Å². The molecular formula is C28H21Cl2F2N5O2S2. The zero-order valence-electron chi connectivity index (χ0n) is 21.3. The Morgan fingerprint density at radius 2 is 1.88 bits per heavy atom. The van der Waals surface area contributed by atoms with Crippen molar-refractivity contribution in [3.63, 3.8) is 0 Å². The topological polar surface area (TPSA) is 110 Å². The van der Waals surface area contributed by atoms with Crippen LogP contribution in [0.2, 0.25) is 10.0 Å². The fourth-order valence-corrected chi connectivity index (χ4v) is 7.30. The Labute approximate surface area is 249 Å². The summed E-state index contributed by atoms with van der Waals surface area (Å²) in [6, 6.07) is 9.91. The lowest BCUT2D eigenvalue weighted by Gasteiger charge is -2.14. The molecule has 3 heterocycles. The van der Waals surface area contributed by atoms with E-state index in [1.165, 1.54) is 47.7 Å². The molecule has 0 unspecified atom stereocenters. The van der Waals surface area contributed by atoms with E-state index < -0.39 is 21.7 Å². The molecule has 13 heteroatoms. The largest absolute Gasteiger partial charge is 0.384 e. The molecule has 2 aromatic carbocycles. The summed E-state index contributed by atoms with van der Waals surface area (Å²) >= 11 is 13.6. The van der Waals surface area contributed by atoms with E-state index in [1.807, 2.05) is 6.08 Å². The van der Waals surface area contributed by atoms with Gasteiger partial charge in [-0.05, 0) is 67.8 Å². The summed E-state index contributed by atoms with van der Waals surface area (Å²) in [7, 11) is -4.38. The molecule has 3 N–H and O–H groups in total. The number of rotatable bonds is 6. The quantitative estimate of drug-likeness (QED) is 0.229. The lowest BCUT2D eigenvalue weighted by molar-refractivity contribution is 0.599. The van der Waals surface area contributed by atoms with E-state index in [2.05, 4.69) is 19.7 Å². The molecule has 0 amide bonds. The van der Waals surface area contributed by atoms with Crippen LogP contribution in [-0.2, 0) is 10.0 Å². The average molecular weight is 633 g/mol. The van der Waals surface area contributed by atoms with Crippen LogP contribution in [-0.4, -0.2) is 24.1 Å². The highest BCUT2D eigenvalue weighted by atomic mass is 35.5. The molecule has 0 fully saturated rings. The van der Waals surface area contributed by atoms with Gasteiger partial charge in [-0.15, -0.1) is 11.3 Å². The summed E-state index contributed by atoms with van der Waals surface area (Å²) in [6.07, 6.45) is 7.95. The number of anilines is 1. The van der Waals surface area contributed by atoms with Crippen LogP contribution in [0, 0.1) is 18.6 Å². The summed E-state index contributed by atoms with van der Waals surface area (Å²) in [5, 5.41) is 0.196. The van der Waals surface area contributed by atoms with Crippen LogP contribution in [0.4, 0.5) is 14.5 Å². The van der Waals surface area contributed by atoms with E-state index in [1.54, 1.807) is 25.1 Å². The summed E-state index contributed by atoms with van der Waals surface area (Å²) < 4.78 is 58.5. The van der Waals surface area contributed by atoms with E-state index >= 15 is 4.39 Å². The van der Waals surface area contributed by atoms with Crippen molar-refractivity contribution >= 4 is 56.0 Å². The Morgan fingerprint density at radius 3 is 2.63 bits per heavy atom. The second-order valence-electron chi connectivity index (χ2n) is 8.94. The molecule has 0 saturated heterocycles. The monoisotopic (exact) mass is 631 g/mol. The second-order valence-corrected chi connectivity index (χ2v) is 12.3. The number of nitrogens with two attached hydrogens (primary N) is 1. The van der Waals surface area contributed by atoms with Gasteiger partial charge in [-0.25, -0.2) is 27.2 Å².